The first-order chi connectivity index (χ1) is 12.1. The summed E-state index contributed by atoms with van der Waals surface area (Å²) in [4.78, 5) is 20.1. The third-order valence-electron chi connectivity index (χ3n) is 3.60. The van der Waals surface area contributed by atoms with Gasteiger partial charge < -0.3 is 14.2 Å². The van der Waals surface area contributed by atoms with Crippen LogP contribution in [0.4, 0.5) is 10.1 Å². The number of hydrogen-bond acceptors (Lipinski definition) is 5. The number of oxazole rings is 2. The van der Waals surface area contributed by atoms with Crippen LogP contribution in [0.3, 0.4) is 0 Å². The van der Waals surface area contributed by atoms with Gasteiger partial charge in [0.1, 0.15) is 5.52 Å². The van der Waals surface area contributed by atoms with Crippen molar-refractivity contribution in [2.24, 2.45) is 0 Å². The summed E-state index contributed by atoms with van der Waals surface area (Å²) >= 11 is 0. The van der Waals surface area contributed by atoms with E-state index in [9.17, 15) is 9.18 Å². The van der Waals surface area contributed by atoms with Gasteiger partial charge in [-0.05, 0) is 36.4 Å². The van der Waals surface area contributed by atoms with Crippen molar-refractivity contribution in [2.45, 2.75) is 6.92 Å². The minimum atomic E-state index is -0.432. The van der Waals surface area contributed by atoms with Crippen molar-refractivity contribution in [3.05, 3.63) is 66.1 Å². The predicted molar refractivity (Wildman–Crippen MR) is 88.6 cm³/mol. The first kappa shape index (κ1) is 15.1. The molecule has 0 spiro atoms. The highest BCUT2D eigenvalue weighted by Gasteiger charge is 2.13. The van der Waals surface area contributed by atoms with Crippen molar-refractivity contribution in [3.8, 4) is 11.5 Å². The maximum atomic E-state index is 13.7. The van der Waals surface area contributed by atoms with E-state index >= 15 is 0 Å². The standard InChI is InChI=1S/C18H12FN3O3/c1-10-20-9-15(24-10)17(23)21-12-7-5-11(6-8-12)18-22-16-13(19)3-2-4-14(16)25-18/h2-9H,1H3,(H,21,23). The van der Waals surface area contributed by atoms with Gasteiger partial charge >= 0.3 is 0 Å². The van der Waals surface area contributed by atoms with E-state index < -0.39 is 11.7 Å². The molecule has 0 saturated heterocycles. The zero-order chi connectivity index (χ0) is 17.4. The van der Waals surface area contributed by atoms with Gasteiger partial charge in [-0.2, -0.15) is 0 Å². The molecule has 2 aromatic carbocycles. The SMILES string of the molecule is Cc1ncc(C(=O)Nc2ccc(-c3nc4c(F)cccc4o3)cc2)o1. The molecule has 1 N–H and O–H groups in total. The van der Waals surface area contributed by atoms with Crippen molar-refractivity contribution in [1.82, 2.24) is 9.97 Å². The largest absolute Gasteiger partial charge is 0.436 e. The number of carbonyl (C=O) groups excluding carboxylic acids is 1. The molecule has 6 nitrogen and oxygen atoms in total. The number of para-hydroxylation sites is 1. The molecule has 2 heterocycles. The highest BCUT2D eigenvalue weighted by Crippen LogP contribution is 2.26. The van der Waals surface area contributed by atoms with Gasteiger partial charge in [-0.25, -0.2) is 14.4 Å². The predicted octanol–water partition coefficient (Wildman–Crippen LogP) is 4.18. The van der Waals surface area contributed by atoms with Crippen LogP contribution in [-0.4, -0.2) is 15.9 Å². The number of aromatic nitrogens is 2. The van der Waals surface area contributed by atoms with Crippen molar-refractivity contribution in [2.75, 3.05) is 5.32 Å². The Labute approximate surface area is 141 Å². The maximum absolute atomic E-state index is 13.7. The number of carbonyl (C=O) groups is 1. The summed E-state index contributed by atoms with van der Waals surface area (Å²) in [7, 11) is 0. The van der Waals surface area contributed by atoms with Crippen LogP contribution in [0.5, 0.6) is 0 Å². The van der Waals surface area contributed by atoms with E-state index in [-0.39, 0.29) is 11.3 Å². The van der Waals surface area contributed by atoms with Gasteiger partial charge in [0.25, 0.3) is 5.91 Å². The Morgan fingerprint density at radius 2 is 1.92 bits per heavy atom. The fourth-order valence-electron chi connectivity index (χ4n) is 2.39. The van der Waals surface area contributed by atoms with Crippen LogP contribution in [0.15, 0.2) is 57.5 Å². The van der Waals surface area contributed by atoms with Crippen LogP contribution in [-0.2, 0) is 0 Å². The van der Waals surface area contributed by atoms with Crippen LogP contribution in [0, 0.1) is 12.7 Å². The lowest BCUT2D eigenvalue weighted by Gasteiger charge is -2.03. The van der Waals surface area contributed by atoms with Crippen LogP contribution in [0.25, 0.3) is 22.6 Å². The van der Waals surface area contributed by atoms with E-state index in [1.807, 2.05) is 0 Å². The van der Waals surface area contributed by atoms with Crippen molar-refractivity contribution in [3.63, 3.8) is 0 Å². The summed E-state index contributed by atoms with van der Waals surface area (Å²) in [5, 5.41) is 2.70. The van der Waals surface area contributed by atoms with E-state index in [0.717, 1.165) is 0 Å². The van der Waals surface area contributed by atoms with Gasteiger partial charge in [-0.3, -0.25) is 4.79 Å². The van der Waals surface area contributed by atoms with Gasteiger partial charge in [-0.1, -0.05) is 6.07 Å². The molecule has 2 aromatic heterocycles. The number of fused-ring (bicyclic) bond motifs is 1. The van der Waals surface area contributed by atoms with Crippen molar-refractivity contribution < 1.29 is 18.0 Å². The topological polar surface area (TPSA) is 81.2 Å². The van der Waals surface area contributed by atoms with E-state index in [2.05, 4.69) is 15.3 Å². The van der Waals surface area contributed by atoms with Gasteiger partial charge in [0, 0.05) is 18.2 Å². The summed E-state index contributed by atoms with van der Waals surface area (Å²) in [6, 6.07) is 11.4. The summed E-state index contributed by atoms with van der Waals surface area (Å²) in [5.74, 6) is 0.0412. The molecule has 0 atom stereocenters. The summed E-state index contributed by atoms with van der Waals surface area (Å²) in [5.41, 5.74) is 1.82. The van der Waals surface area contributed by atoms with Crippen LogP contribution < -0.4 is 5.32 Å². The van der Waals surface area contributed by atoms with E-state index in [4.69, 9.17) is 8.83 Å². The van der Waals surface area contributed by atoms with Gasteiger partial charge in [0.2, 0.25) is 11.7 Å². The molecule has 0 fully saturated rings. The van der Waals surface area contributed by atoms with E-state index in [0.29, 0.717) is 28.6 Å². The Bertz CT molecular complexity index is 1070. The number of hydrogen-bond donors (Lipinski definition) is 1. The molecule has 1 amide bonds. The number of anilines is 1. The van der Waals surface area contributed by atoms with E-state index in [1.165, 1.54) is 12.3 Å². The fourth-order valence-corrected chi connectivity index (χ4v) is 2.39. The van der Waals surface area contributed by atoms with Crippen LogP contribution in [0.2, 0.25) is 0 Å². The number of nitrogens with one attached hydrogen (secondary N) is 1. The second-order valence-corrected chi connectivity index (χ2v) is 5.38. The molecule has 0 bridgehead atoms. The van der Waals surface area contributed by atoms with Gasteiger partial charge in [-0.15, -0.1) is 0 Å². The molecule has 7 heteroatoms. The Kier molecular flexibility index (Phi) is 3.53. The van der Waals surface area contributed by atoms with Crippen molar-refractivity contribution in [1.29, 1.82) is 0 Å². The van der Waals surface area contributed by atoms with Crippen LogP contribution in [0.1, 0.15) is 16.4 Å². The second-order valence-electron chi connectivity index (χ2n) is 5.38. The molecular formula is C18H12FN3O3. The lowest BCUT2D eigenvalue weighted by molar-refractivity contribution is 0.0995. The summed E-state index contributed by atoms with van der Waals surface area (Å²) in [6.45, 7) is 1.66. The number of halogens is 1. The molecule has 25 heavy (non-hydrogen) atoms. The molecule has 0 saturated carbocycles. The molecule has 0 aliphatic heterocycles. The van der Waals surface area contributed by atoms with E-state index in [1.54, 1.807) is 43.3 Å². The average molecular weight is 337 g/mol. The molecule has 124 valence electrons. The Morgan fingerprint density at radius 1 is 1.12 bits per heavy atom. The number of rotatable bonds is 3. The molecule has 0 aliphatic rings. The number of nitrogens with zero attached hydrogens (tertiary/aromatic N) is 2. The Balaban J connectivity index is 1.57. The molecule has 4 rings (SSSR count). The fraction of sp³-hybridized carbons (Fsp3) is 0.0556. The normalized spacial score (nSPS) is 11.0. The third-order valence-corrected chi connectivity index (χ3v) is 3.60. The summed E-state index contributed by atoms with van der Waals surface area (Å²) < 4.78 is 24.4. The average Bonchev–Trinajstić information content (AvgIpc) is 3.23. The zero-order valence-corrected chi connectivity index (χ0v) is 13.1. The Morgan fingerprint density at radius 3 is 2.60 bits per heavy atom. The molecule has 0 radical (unpaired) electrons. The molecular weight excluding hydrogens is 325 g/mol. The molecule has 0 unspecified atom stereocenters. The highest BCUT2D eigenvalue weighted by atomic mass is 19.1. The second kappa shape index (κ2) is 5.86. The first-order valence-electron chi connectivity index (χ1n) is 7.49. The highest BCUT2D eigenvalue weighted by molar-refractivity contribution is 6.02. The number of aryl methyl sites for hydroxylation is 1. The molecule has 4 aromatic rings. The first-order valence-corrected chi connectivity index (χ1v) is 7.49. The van der Waals surface area contributed by atoms with Gasteiger partial charge in [0.15, 0.2) is 17.3 Å². The van der Waals surface area contributed by atoms with Gasteiger partial charge in [0.05, 0.1) is 6.20 Å². The minimum Gasteiger partial charge on any atom is -0.436 e. The maximum Gasteiger partial charge on any atom is 0.293 e. The zero-order valence-electron chi connectivity index (χ0n) is 13.1. The quantitative estimate of drug-likeness (QED) is 0.606. The molecule has 0 aliphatic carbocycles. The number of amides is 1. The lowest BCUT2D eigenvalue weighted by atomic mass is 10.2. The van der Waals surface area contributed by atoms with Crippen molar-refractivity contribution >= 4 is 22.7 Å². The third kappa shape index (κ3) is 2.87. The van der Waals surface area contributed by atoms with Crippen LogP contribution >= 0.6 is 0 Å². The smallest absolute Gasteiger partial charge is 0.293 e. The monoisotopic (exact) mass is 337 g/mol. The minimum absolute atomic E-state index is 0.135. The lowest BCUT2D eigenvalue weighted by Crippen LogP contribution is -2.10. The summed E-state index contributed by atoms with van der Waals surface area (Å²) in [6.07, 6.45) is 1.37. The Hall–Kier alpha value is -3.48. The number of benzene rings is 2.